The largest absolute Gasteiger partial charge is 0.379 e. The van der Waals surface area contributed by atoms with Crippen molar-refractivity contribution in [3.8, 4) is 0 Å². The number of ether oxygens (including phenoxy) is 1. The van der Waals surface area contributed by atoms with Crippen molar-refractivity contribution in [3.05, 3.63) is 0 Å². The maximum Gasteiger partial charge on any atom is 0.236 e. The van der Waals surface area contributed by atoms with Crippen LogP contribution in [0.5, 0.6) is 0 Å². The van der Waals surface area contributed by atoms with E-state index in [1.165, 1.54) is 19.3 Å². The van der Waals surface area contributed by atoms with E-state index >= 15 is 0 Å². The van der Waals surface area contributed by atoms with Gasteiger partial charge >= 0.3 is 0 Å². The second-order valence-electron chi connectivity index (χ2n) is 5.23. The second-order valence-corrected chi connectivity index (χ2v) is 5.23. The summed E-state index contributed by atoms with van der Waals surface area (Å²) in [6, 6.07) is -0.151. The van der Waals surface area contributed by atoms with Crippen LogP contribution in [0.2, 0.25) is 0 Å². The van der Waals surface area contributed by atoms with Crippen LogP contribution >= 0.6 is 0 Å². The zero-order valence-corrected chi connectivity index (χ0v) is 12.4. The predicted octanol–water partition coefficient (Wildman–Crippen LogP) is 2.07. The van der Waals surface area contributed by atoms with Gasteiger partial charge in [0.25, 0.3) is 0 Å². The van der Waals surface area contributed by atoms with Gasteiger partial charge in [-0.15, -0.1) is 0 Å². The van der Waals surface area contributed by atoms with E-state index in [-0.39, 0.29) is 18.0 Å². The molecule has 0 aliphatic heterocycles. The molecule has 0 bridgehead atoms. The van der Waals surface area contributed by atoms with Crippen molar-refractivity contribution in [1.29, 1.82) is 0 Å². The summed E-state index contributed by atoms with van der Waals surface area (Å²) in [4.78, 5) is 11.2. The molecule has 4 nitrogen and oxygen atoms in total. The van der Waals surface area contributed by atoms with Gasteiger partial charge in [0.1, 0.15) is 6.04 Å². The zero-order valence-electron chi connectivity index (χ0n) is 12.4. The van der Waals surface area contributed by atoms with Crippen LogP contribution in [-0.4, -0.2) is 31.2 Å². The Morgan fingerprint density at radius 2 is 1.94 bits per heavy atom. The van der Waals surface area contributed by atoms with Crippen LogP contribution in [0.3, 0.4) is 0 Å². The molecule has 2 unspecified atom stereocenters. The van der Waals surface area contributed by atoms with Crippen molar-refractivity contribution in [2.45, 2.75) is 65.5 Å². The van der Waals surface area contributed by atoms with Gasteiger partial charge in [0, 0.05) is 12.6 Å². The molecule has 0 rings (SSSR count). The third-order valence-electron chi connectivity index (χ3n) is 3.06. The van der Waals surface area contributed by atoms with E-state index in [4.69, 9.17) is 10.5 Å². The molecule has 0 aromatic rings. The van der Waals surface area contributed by atoms with Crippen LogP contribution in [-0.2, 0) is 9.53 Å². The first-order valence-corrected chi connectivity index (χ1v) is 7.14. The highest BCUT2D eigenvalue weighted by atomic mass is 16.5. The van der Waals surface area contributed by atoms with Crippen LogP contribution in [0.15, 0.2) is 0 Å². The Bertz CT molecular complexity index is 220. The third-order valence-corrected chi connectivity index (χ3v) is 3.06. The minimum atomic E-state index is -0.381. The Kier molecular flexibility index (Phi) is 9.98. The molecule has 0 aliphatic rings. The normalized spacial score (nSPS) is 14.7. The highest BCUT2D eigenvalue weighted by Crippen LogP contribution is 2.12. The lowest BCUT2D eigenvalue weighted by Crippen LogP contribution is -2.47. The smallest absolute Gasteiger partial charge is 0.236 e. The molecule has 0 heterocycles. The van der Waals surface area contributed by atoms with Gasteiger partial charge in [-0.05, 0) is 12.3 Å². The van der Waals surface area contributed by atoms with Crippen LogP contribution in [0.1, 0.15) is 53.4 Å². The van der Waals surface area contributed by atoms with E-state index in [9.17, 15) is 4.79 Å². The number of unbranched alkanes of at least 4 members (excludes halogenated alkanes) is 1. The molecule has 0 radical (unpaired) electrons. The maximum absolute atomic E-state index is 11.2. The minimum absolute atomic E-state index is 0.230. The minimum Gasteiger partial charge on any atom is -0.379 e. The molecule has 0 aromatic carbocycles. The fourth-order valence-corrected chi connectivity index (χ4v) is 1.87. The Balaban J connectivity index is 3.92. The topological polar surface area (TPSA) is 64.3 Å². The van der Waals surface area contributed by atoms with E-state index in [1.807, 2.05) is 13.8 Å². The fourth-order valence-electron chi connectivity index (χ4n) is 1.87. The van der Waals surface area contributed by atoms with Crippen molar-refractivity contribution < 1.29 is 9.53 Å². The van der Waals surface area contributed by atoms with Gasteiger partial charge in [-0.25, -0.2) is 0 Å². The average molecular weight is 258 g/mol. The van der Waals surface area contributed by atoms with Gasteiger partial charge in [0.2, 0.25) is 5.91 Å². The summed E-state index contributed by atoms with van der Waals surface area (Å²) >= 11 is 0. The number of amides is 1. The summed E-state index contributed by atoms with van der Waals surface area (Å²) in [5.74, 6) is 0.253. The molecular weight excluding hydrogens is 228 g/mol. The van der Waals surface area contributed by atoms with Crippen molar-refractivity contribution in [1.82, 2.24) is 5.32 Å². The molecule has 0 aliphatic carbocycles. The summed E-state index contributed by atoms with van der Waals surface area (Å²) in [5, 5.41) is 3.11. The summed E-state index contributed by atoms with van der Waals surface area (Å²) in [7, 11) is 0. The van der Waals surface area contributed by atoms with Crippen molar-refractivity contribution >= 4 is 5.91 Å². The van der Waals surface area contributed by atoms with Gasteiger partial charge in [-0.3, -0.25) is 4.79 Å². The molecule has 108 valence electrons. The van der Waals surface area contributed by atoms with E-state index in [0.717, 1.165) is 13.0 Å². The highest BCUT2D eigenvalue weighted by molar-refractivity contribution is 5.80. The molecule has 0 saturated carbocycles. The Morgan fingerprint density at radius 1 is 1.28 bits per heavy atom. The number of carbonyl (C=O) groups excluding carboxylic acids is 1. The van der Waals surface area contributed by atoms with Crippen LogP contribution in [0.4, 0.5) is 0 Å². The quantitative estimate of drug-likeness (QED) is 0.596. The second kappa shape index (κ2) is 10.3. The van der Waals surface area contributed by atoms with Crippen molar-refractivity contribution in [2.24, 2.45) is 11.7 Å². The lowest BCUT2D eigenvalue weighted by molar-refractivity contribution is -0.121. The van der Waals surface area contributed by atoms with Crippen LogP contribution in [0, 0.1) is 5.92 Å². The number of hydrogen-bond donors (Lipinski definition) is 2. The van der Waals surface area contributed by atoms with E-state index in [0.29, 0.717) is 12.5 Å². The van der Waals surface area contributed by atoms with Crippen molar-refractivity contribution in [2.75, 3.05) is 13.2 Å². The van der Waals surface area contributed by atoms with Crippen LogP contribution < -0.4 is 11.1 Å². The molecule has 0 saturated heterocycles. The van der Waals surface area contributed by atoms with Gasteiger partial charge in [0.05, 0.1) is 6.61 Å². The third kappa shape index (κ3) is 8.48. The van der Waals surface area contributed by atoms with E-state index in [1.54, 1.807) is 0 Å². The predicted molar refractivity (Wildman–Crippen MR) is 75.4 cm³/mol. The van der Waals surface area contributed by atoms with E-state index < -0.39 is 0 Å². The SMILES string of the molecule is CCCCC(CC)COCC(NC(C)C)C(N)=O. The van der Waals surface area contributed by atoms with Gasteiger partial charge in [0.15, 0.2) is 0 Å². The maximum atomic E-state index is 11.2. The number of primary amides is 1. The fraction of sp³-hybridized carbons (Fsp3) is 0.929. The zero-order chi connectivity index (χ0) is 14.0. The molecular formula is C14H30N2O2. The standard InChI is InChI=1S/C14H30N2O2/c1-5-7-8-12(6-2)9-18-10-13(14(15)17)16-11(3)4/h11-13,16H,5-10H2,1-4H3,(H2,15,17). The molecule has 2 atom stereocenters. The lowest BCUT2D eigenvalue weighted by Gasteiger charge is -2.20. The first kappa shape index (κ1) is 17.4. The molecule has 0 spiro atoms. The number of hydrogen-bond acceptors (Lipinski definition) is 3. The molecule has 3 N–H and O–H groups in total. The Morgan fingerprint density at radius 3 is 2.39 bits per heavy atom. The van der Waals surface area contributed by atoms with Gasteiger partial charge < -0.3 is 15.8 Å². The number of nitrogens with one attached hydrogen (secondary N) is 1. The summed E-state index contributed by atoms with van der Waals surface area (Å²) < 4.78 is 5.64. The first-order chi connectivity index (χ1) is 8.51. The number of rotatable bonds is 11. The summed E-state index contributed by atoms with van der Waals surface area (Å²) in [6.07, 6.45) is 4.78. The summed E-state index contributed by atoms with van der Waals surface area (Å²) in [5.41, 5.74) is 5.33. The van der Waals surface area contributed by atoms with E-state index in [2.05, 4.69) is 19.2 Å². The molecule has 4 heteroatoms. The first-order valence-electron chi connectivity index (χ1n) is 7.14. The van der Waals surface area contributed by atoms with Crippen molar-refractivity contribution in [3.63, 3.8) is 0 Å². The van der Waals surface area contributed by atoms with Crippen LogP contribution in [0.25, 0.3) is 0 Å². The monoisotopic (exact) mass is 258 g/mol. The lowest BCUT2D eigenvalue weighted by atomic mass is 10.0. The Labute approximate surface area is 112 Å². The molecule has 0 fully saturated rings. The molecule has 0 aromatic heterocycles. The summed E-state index contributed by atoms with van der Waals surface area (Å²) in [6.45, 7) is 9.46. The Hall–Kier alpha value is -0.610. The molecule has 1 amide bonds. The molecule has 18 heavy (non-hydrogen) atoms. The average Bonchev–Trinajstić information content (AvgIpc) is 2.31. The number of nitrogens with two attached hydrogens (primary N) is 1. The van der Waals surface area contributed by atoms with Gasteiger partial charge in [-0.2, -0.15) is 0 Å². The number of carbonyl (C=O) groups is 1. The highest BCUT2D eigenvalue weighted by Gasteiger charge is 2.17. The van der Waals surface area contributed by atoms with Gasteiger partial charge in [-0.1, -0.05) is 47.0 Å².